The minimum absolute atomic E-state index is 0.0345. The molecular formula is C18H17BrN4O4. The highest BCUT2D eigenvalue weighted by molar-refractivity contribution is 9.10. The highest BCUT2D eigenvalue weighted by Gasteiger charge is 2.17. The Kier molecular flexibility index (Phi) is 6.15. The van der Waals surface area contributed by atoms with Crippen molar-refractivity contribution in [2.45, 2.75) is 0 Å². The molecule has 1 aliphatic rings. The maximum absolute atomic E-state index is 12.1. The van der Waals surface area contributed by atoms with Gasteiger partial charge in [0.25, 0.3) is 11.6 Å². The number of nitro groups is 1. The Hall–Kier alpha value is -2.78. The number of carbonyl (C=O) groups is 1. The quantitative estimate of drug-likeness (QED) is 0.444. The second-order valence-corrected chi connectivity index (χ2v) is 6.72. The van der Waals surface area contributed by atoms with Crippen molar-refractivity contribution in [3.63, 3.8) is 0 Å². The summed E-state index contributed by atoms with van der Waals surface area (Å²) < 4.78 is 6.22. The number of amides is 1. The van der Waals surface area contributed by atoms with E-state index in [0.29, 0.717) is 37.4 Å². The van der Waals surface area contributed by atoms with Crippen LogP contribution in [-0.2, 0) is 4.74 Å². The van der Waals surface area contributed by atoms with Crippen molar-refractivity contribution in [3.8, 4) is 0 Å². The molecule has 1 amide bonds. The molecule has 1 heterocycles. The first kappa shape index (κ1) is 19.0. The third-order valence-corrected chi connectivity index (χ3v) is 4.58. The molecule has 0 aromatic heterocycles. The van der Waals surface area contributed by atoms with E-state index < -0.39 is 4.92 Å². The number of nitrogens with one attached hydrogen (secondary N) is 1. The molecule has 3 rings (SSSR count). The maximum atomic E-state index is 12.1. The lowest BCUT2D eigenvalue weighted by molar-refractivity contribution is -0.384. The Morgan fingerprint density at radius 3 is 2.59 bits per heavy atom. The highest BCUT2D eigenvalue weighted by atomic mass is 79.9. The highest BCUT2D eigenvalue weighted by Crippen LogP contribution is 2.25. The lowest BCUT2D eigenvalue weighted by atomic mass is 10.1. The van der Waals surface area contributed by atoms with Crippen molar-refractivity contribution in [2.75, 3.05) is 31.2 Å². The molecule has 0 aliphatic carbocycles. The summed E-state index contributed by atoms with van der Waals surface area (Å²) in [6.07, 6.45) is 1.43. The van der Waals surface area contributed by atoms with Gasteiger partial charge in [-0.05, 0) is 30.3 Å². The second-order valence-electron chi connectivity index (χ2n) is 5.81. The maximum Gasteiger partial charge on any atom is 0.271 e. The van der Waals surface area contributed by atoms with Crippen LogP contribution >= 0.6 is 15.9 Å². The van der Waals surface area contributed by atoms with E-state index >= 15 is 0 Å². The largest absolute Gasteiger partial charge is 0.378 e. The molecule has 0 bridgehead atoms. The molecule has 0 radical (unpaired) electrons. The third-order valence-electron chi connectivity index (χ3n) is 4.05. The smallest absolute Gasteiger partial charge is 0.271 e. The van der Waals surface area contributed by atoms with E-state index in [1.165, 1.54) is 18.3 Å². The van der Waals surface area contributed by atoms with Crippen LogP contribution in [0.2, 0.25) is 0 Å². The molecule has 1 N–H and O–H groups in total. The summed E-state index contributed by atoms with van der Waals surface area (Å²) in [5.74, 6) is -0.364. The van der Waals surface area contributed by atoms with Gasteiger partial charge in [0.15, 0.2) is 0 Å². The van der Waals surface area contributed by atoms with E-state index in [0.717, 1.165) is 10.2 Å². The number of morpholine rings is 1. The Balaban J connectivity index is 1.79. The summed E-state index contributed by atoms with van der Waals surface area (Å²) in [6.45, 7) is 2.55. The summed E-state index contributed by atoms with van der Waals surface area (Å²) in [4.78, 5) is 24.8. The van der Waals surface area contributed by atoms with Crippen molar-refractivity contribution < 1.29 is 14.5 Å². The number of rotatable bonds is 5. The van der Waals surface area contributed by atoms with Crippen molar-refractivity contribution in [1.29, 1.82) is 0 Å². The van der Waals surface area contributed by atoms with Crippen LogP contribution in [0.3, 0.4) is 0 Å². The Labute approximate surface area is 164 Å². The molecule has 0 spiro atoms. The summed E-state index contributed by atoms with van der Waals surface area (Å²) in [5, 5.41) is 15.1. The van der Waals surface area contributed by atoms with Crippen LogP contribution in [0.4, 0.5) is 11.4 Å². The number of carbonyl (C=O) groups excluding carboxylic acids is 1. The molecule has 0 unspecified atom stereocenters. The number of hydrazone groups is 1. The molecule has 9 heteroatoms. The van der Waals surface area contributed by atoms with Gasteiger partial charge in [-0.15, -0.1) is 0 Å². The zero-order valence-electron chi connectivity index (χ0n) is 14.3. The molecule has 140 valence electrons. The van der Waals surface area contributed by atoms with Gasteiger partial charge in [-0.3, -0.25) is 14.9 Å². The average molecular weight is 433 g/mol. The zero-order chi connectivity index (χ0) is 19.2. The molecule has 1 aliphatic heterocycles. The lowest BCUT2D eigenvalue weighted by Gasteiger charge is -2.29. The number of nitrogens with zero attached hydrogens (tertiary/aromatic N) is 3. The minimum atomic E-state index is -0.457. The van der Waals surface area contributed by atoms with Gasteiger partial charge >= 0.3 is 0 Å². The monoisotopic (exact) mass is 432 g/mol. The third kappa shape index (κ3) is 4.89. The molecule has 1 fully saturated rings. The fourth-order valence-electron chi connectivity index (χ4n) is 2.68. The second kappa shape index (κ2) is 8.74. The van der Waals surface area contributed by atoms with Crippen LogP contribution in [0.25, 0.3) is 0 Å². The van der Waals surface area contributed by atoms with Crippen LogP contribution < -0.4 is 10.3 Å². The van der Waals surface area contributed by atoms with Crippen LogP contribution in [0.5, 0.6) is 0 Å². The summed E-state index contributed by atoms with van der Waals surface area (Å²) in [6, 6.07) is 11.5. The predicted molar refractivity (Wildman–Crippen MR) is 105 cm³/mol. The van der Waals surface area contributed by atoms with Crippen molar-refractivity contribution in [2.24, 2.45) is 5.10 Å². The Morgan fingerprint density at radius 2 is 1.93 bits per heavy atom. The normalized spacial score (nSPS) is 14.3. The van der Waals surface area contributed by atoms with E-state index in [2.05, 4.69) is 31.4 Å². The van der Waals surface area contributed by atoms with Gasteiger partial charge in [0.05, 0.1) is 24.4 Å². The molecule has 2 aromatic rings. The number of halogens is 1. The molecule has 1 saturated heterocycles. The molecule has 0 saturated carbocycles. The SMILES string of the molecule is O=C(N/N=C\c1cc([N+](=O)[O-])ccc1N1CCOCC1)c1ccc(Br)cc1. The van der Waals surface area contributed by atoms with Gasteiger partial charge in [0.1, 0.15) is 0 Å². The molecule has 0 atom stereocenters. The summed E-state index contributed by atoms with van der Waals surface area (Å²) >= 11 is 3.31. The Morgan fingerprint density at radius 1 is 1.22 bits per heavy atom. The Bertz CT molecular complexity index is 864. The fourth-order valence-corrected chi connectivity index (χ4v) is 2.94. The van der Waals surface area contributed by atoms with E-state index in [9.17, 15) is 14.9 Å². The van der Waals surface area contributed by atoms with Gasteiger partial charge in [0, 0.05) is 46.5 Å². The first-order valence-corrected chi connectivity index (χ1v) is 9.04. The van der Waals surface area contributed by atoms with E-state index in [1.807, 2.05) is 0 Å². The van der Waals surface area contributed by atoms with Crippen LogP contribution in [0.15, 0.2) is 52.0 Å². The standard InChI is InChI=1S/C18H17BrN4O4/c19-15-3-1-13(2-4-15)18(24)21-20-12-14-11-16(23(25)26)5-6-17(14)22-7-9-27-10-8-22/h1-6,11-12H,7-10H2,(H,21,24)/b20-12-. The lowest BCUT2D eigenvalue weighted by Crippen LogP contribution is -2.36. The van der Waals surface area contributed by atoms with Crippen LogP contribution in [0.1, 0.15) is 15.9 Å². The fraction of sp³-hybridized carbons (Fsp3) is 0.222. The van der Waals surface area contributed by atoms with E-state index in [4.69, 9.17) is 4.74 Å². The van der Waals surface area contributed by atoms with E-state index in [1.54, 1.807) is 30.3 Å². The number of hydrogen-bond acceptors (Lipinski definition) is 6. The average Bonchev–Trinajstić information content (AvgIpc) is 2.69. The van der Waals surface area contributed by atoms with Crippen LogP contribution in [0, 0.1) is 10.1 Å². The number of nitro benzene ring substituents is 1. The minimum Gasteiger partial charge on any atom is -0.378 e. The van der Waals surface area contributed by atoms with Crippen LogP contribution in [-0.4, -0.2) is 43.3 Å². The van der Waals surface area contributed by atoms with Crippen molar-refractivity contribution in [3.05, 3.63) is 68.2 Å². The first-order chi connectivity index (χ1) is 13.0. The van der Waals surface area contributed by atoms with Gasteiger partial charge in [-0.1, -0.05) is 15.9 Å². The topological polar surface area (TPSA) is 97.1 Å². The number of non-ortho nitro benzene ring substituents is 1. The number of anilines is 1. The van der Waals surface area contributed by atoms with Gasteiger partial charge in [-0.2, -0.15) is 5.10 Å². The number of benzene rings is 2. The van der Waals surface area contributed by atoms with Gasteiger partial charge in [-0.25, -0.2) is 5.43 Å². The molecule has 2 aromatic carbocycles. The predicted octanol–water partition coefficient (Wildman–Crippen LogP) is 2.96. The molecular weight excluding hydrogens is 416 g/mol. The molecule has 27 heavy (non-hydrogen) atoms. The summed E-state index contributed by atoms with van der Waals surface area (Å²) in [5.41, 5.74) is 4.24. The number of ether oxygens (including phenoxy) is 1. The zero-order valence-corrected chi connectivity index (χ0v) is 15.9. The summed E-state index contributed by atoms with van der Waals surface area (Å²) in [7, 11) is 0. The van der Waals surface area contributed by atoms with E-state index in [-0.39, 0.29) is 11.6 Å². The van der Waals surface area contributed by atoms with Gasteiger partial charge in [0.2, 0.25) is 0 Å². The molecule has 8 nitrogen and oxygen atoms in total. The first-order valence-electron chi connectivity index (χ1n) is 8.25. The van der Waals surface area contributed by atoms with Crippen molar-refractivity contribution in [1.82, 2.24) is 5.43 Å². The van der Waals surface area contributed by atoms with Crippen molar-refractivity contribution >= 4 is 39.4 Å². The number of hydrogen-bond donors (Lipinski definition) is 1. The van der Waals surface area contributed by atoms with Gasteiger partial charge < -0.3 is 9.64 Å².